The monoisotopic (exact) mass is 258 g/mol. The summed E-state index contributed by atoms with van der Waals surface area (Å²) in [6.45, 7) is 0. The van der Waals surface area contributed by atoms with E-state index in [1.54, 1.807) is 6.20 Å². The van der Waals surface area contributed by atoms with E-state index in [-0.39, 0.29) is 18.8 Å². The third-order valence-corrected chi connectivity index (χ3v) is 3.89. The van der Waals surface area contributed by atoms with Gasteiger partial charge in [-0.05, 0) is 25.2 Å². The number of imidazole rings is 1. The number of hydrogen-bond donors (Lipinski definition) is 1. The van der Waals surface area contributed by atoms with E-state index < -0.39 is 12.0 Å². The van der Waals surface area contributed by atoms with Crippen molar-refractivity contribution in [2.24, 2.45) is 13.0 Å². The Morgan fingerprint density at radius 2 is 2.17 bits per heavy atom. The van der Waals surface area contributed by atoms with E-state index in [1.807, 2.05) is 17.8 Å². The van der Waals surface area contributed by atoms with Gasteiger partial charge >= 0.3 is 0 Å². The highest BCUT2D eigenvalue weighted by molar-refractivity contribution is 4.92. The van der Waals surface area contributed by atoms with Gasteiger partial charge in [-0.3, -0.25) is 0 Å². The number of alkyl halides is 2. The van der Waals surface area contributed by atoms with Gasteiger partial charge in [-0.2, -0.15) is 0 Å². The lowest BCUT2D eigenvalue weighted by Crippen LogP contribution is -2.31. The van der Waals surface area contributed by atoms with Gasteiger partial charge in [-0.15, -0.1) is 0 Å². The van der Waals surface area contributed by atoms with Crippen LogP contribution in [-0.4, -0.2) is 26.7 Å². The van der Waals surface area contributed by atoms with Gasteiger partial charge in [-0.25, -0.2) is 13.8 Å². The van der Waals surface area contributed by atoms with Gasteiger partial charge in [0.2, 0.25) is 5.92 Å². The van der Waals surface area contributed by atoms with Crippen molar-refractivity contribution in [2.45, 2.75) is 50.6 Å². The molecule has 1 aliphatic rings. The molecule has 3 nitrogen and oxygen atoms in total. The number of aliphatic hydroxyl groups is 1. The van der Waals surface area contributed by atoms with Crippen LogP contribution in [0.3, 0.4) is 0 Å². The Bertz CT molecular complexity index is 382. The summed E-state index contributed by atoms with van der Waals surface area (Å²) in [5.41, 5.74) is 0. The second-order valence-corrected chi connectivity index (χ2v) is 5.25. The average molecular weight is 258 g/mol. The highest BCUT2D eigenvalue weighted by atomic mass is 19.3. The van der Waals surface area contributed by atoms with Crippen molar-refractivity contribution >= 4 is 0 Å². The van der Waals surface area contributed by atoms with Crippen molar-refractivity contribution < 1.29 is 13.9 Å². The van der Waals surface area contributed by atoms with Crippen LogP contribution >= 0.6 is 0 Å². The Morgan fingerprint density at radius 1 is 1.50 bits per heavy atom. The number of rotatable bonds is 4. The summed E-state index contributed by atoms with van der Waals surface area (Å²) in [7, 11) is 1.91. The molecule has 0 amide bonds. The molecule has 18 heavy (non-hydrogen) atoms. The van der Waals surface area contributed by atoms with Gasteiger partial charge in [0.1, 0.15) is 5.82 Å². The van der Waals surface area contributed by atoms with Crippen molar-refractivity contribution in [3.8, 4) is 0 Å². The molecule has 1 aromatic rings. The molecule has 0 spiro atoms. The molecular formula is C13H20F2N2O. The molecule has 1 heterocycles. The minimum absolute atomic E-state index is 0.0184. The van der Waals surface area contributed by atoms with Crippen molar-refractivity contribution in [3.63, 3.8) is 0 Å². The van der Waals surface area contributed by atoms with Gasteiger partial charge in [-0.1, -0.05) is 0 Å². The Kier molecular flexibility index (Phi) is 4.00. The van der Waals surface area contributed by atoms with Crippen LogP contribution in [0.25, 0.3) is 0 Å². The fraction of sp³-hybridized carbons (Fsp3) is 0.769. The van der Waals surface area contributed by atoms with Crippen molar-refractivity contribution in [2.75, 3.05) is 0 Å². The lowest BCUT2D eigenvalue weighted by molar-refractivity contribution is -0.0629. The molecule has 0 bridgehead atoms. The van der Waals surface area contributed by atoms with Crippen LogP contribution in [0.2, 0.25) is 0 Å². The molecule has 0 aromatic carbocycles. The molecule has 0 radical (unpaired) electrons. The molecule has 0 aliphatic heterocycles. The van der Waals surface area contributed by atoms with Crippen molar-refractivity contribution in [1.29, 1.82) is 0 Å². The molecule has 1 aromatic heterocycles. The first-order valence-electron chi connectivity index (χ1n) is 6.50. The highest BCUT2D eigenvalue weighted by Crippen LogP contribution is 2.38. The predicted molar refractivity (Wildman–Crippen MR) is 64.4 cm³/mol. The summed E-state index contributed by atoms with van der Waals surface area (Å²) in [4.78, 5) is 4.19. The molecule has 1 fully saturated rings. The molecule has 1 saturated carbocycles. The molecule has 5 heteroatoms. The first kappa shape index (κ1) is 13.5. The van der Waals surface area contributed by atoms with E-state index in [0.717, 1.165) is 5.82 Å². The SMILES string of the molecule is Cn1ccnc1CCC(O)C1CCC(F)(F)CC1. The van der Waals surface area contributed by atoms with E-state index in [2.05, 4.69) is 4.98 Å². The quantitative estimate of drug-likeness (QED) is 0.901. The maximum atomic E-state index is 13.0. The maximum Gasteiger partial charge on any atom is 0.248 e. The highest BCUT2D eigenvalue weighted by Gasteiger charge is 2.37. The van der Waals surface area contributed by atoms with Gasteiger partial charge < -0.3 is 9.67 Å². The van der Waals surface area contributed by atoms with Crippen LogP contribution in [-0.2, 0) is 13.5 Å². The Labute approximate surface area is 106 Å². The van der Waals surface area contributed by atoms with E-state index in [0.29, 0.717) is 25.7 Å². The average Bonchev–Trinajstić information content (AvgIpc) is 2.72. The molecule has 1 unspecified atom stereocenters. The van der Waals surface area contributed by atoms with Crippen LogP contribution in [0.5, 0.6) is 0 Å². The van der Waals surface area contributed by atoms with Crippen LogP contribution in [0, 0.1) is 5.92 Å². The standard InChI is InChI=1S/C13H20F2N2O/c1-17-9-8-16-12(17)3-2-11(18)10-4-6-13(14,15)7-5-10/h8-11,18H,2-7H2,1H3. The summed E-state index contributed by atoms with van der Waals surface area (Å²) in [5.74, 6) is -1.57. The number of aromatic nitrogens is 2. The lowest BCUT2D eigenvalue weighted by Gasteiger charge is -2.31. The predicted octanol–water partition coefficient (Wildman–Crippen LogP) is 2.54. The molecule has 2 rings (SSSR count). The van der Waals surface area contributed by atoms with E-state index in [9.17, 15) is 13.9 Å². The normalized spacial score (nSPS) is 22.0. The van der Waals surface area contributed by atoms with Crippen LogP contribution < -0.4 is 0 Å². The van der Waals surface area contributed by atoms with Crippen LogP contribution in [0.4, 0.5) is 8.78 Å². The molecule has 1 N–H and O–H groups in total. The maximum absolute atomic E-state index is 13.0. The molecule has 1 aliphatic carbocycles. The van der Waals surface area contributed by atoms with Crippen LogP contribution in [0.1, 0.15) is 37.9 Å². The lowest BCUT2D eigenvalue weighted by atomic mass is 9.82. The smallest absolute Gasteiger partial charge is 0.248 e. The van der Waals surface area contributed by atoms with Crippen molar-refractivity contribution in [3.05, 3.63) is 18.2 Å². The Balaban J connectivity index is 1.79. The zero-order valence-electron chi connectivity index (χ0n) is 10.6. The molecule has 102 valence electrons. The van der Waals surface area contributed by atoms with E-state index in [4.69, 9.17) is 0 Å². The molecule has 0 saturated heterocycles. The number of halogens is 2. The third-order valence-electron chi connectivity index (χ3n) is 3.89. The first-order chi connectivity index (χ1) is 8.48. The van der Waals surface area contributed by atoms with E-state index in [1.165, 1.54) is 0 Å². The summed E-state index contributed by atoms with van der Waals surface area (Å²) in [6, 6.07) is 0. The molecular weight excluding hydrogens is 238 g/mol. The van der Waals surface area contributed by atoms with Gasteiger partial charge in [0.15, 0.2) is 0 Å². The van der Waals surface area contributed by atoms with E-state index >= 15 is 0 Å². The van der Waals surface area contributed by atoms with Gasteiger partial charge in [0.05, 0.1) is 6.10 Å². The zero-order chi connectivity index (χ0) is 13.2. The number of aryl methyl sites for hydroxylation is 2. The van der Waals surface area contributed by atoms with Crippen LogP contribution in [0.15, 0.2) is 12.4 Å². The fourth-order valence-electron chi connectivity index (χ4n) is 2.60. The number of hydrogen-bond acceptors (Lipinski definition) is 2. The fourth-order valence-corrected chi connectivity index (χ4v) is 2.60. The minimum Gasteiger partial charge on any atom is -0.393 e. The van der Waals surface area contributed by atoms with Gasteiger partial charge in [0.25, 0.3) is 0 Å². The zero-order valence-corrected chi connectivity index (χ0v) is 10.6. The number of aliphatic hydroxyl groups excluding tert-OH is 1. The minimum atomic E-state index is -2.52. The second-order valence-electron chi connectivity index (χ2n) is 5.25. The first-order valence-corrected chi connectivity index (χ1v) is 6.50. The Hall–Kier alpha value is -0.970. The summed E-state index contributed by atoms with van der Waals surface area (Å²) >= 11 is 0. The third kappa shape index (κ3) is 3.28. The van der Waals surface area contributed by atoms with Crippen molar-refractivity contribution in [1.82, 2.24) is 9.55 Å². The van der Waals surface area contributed by atoms with Gasteiger partial charge in [0, 0.05) is 38.7 Å². The number of nitrogens with zero attached hydrogens (tertiary/aromatic N) is 2. The second kappa shape index (κ2) is 5.34. The summed E-state index contributed by atoms with van der Waals surface area (Å²) in [6.07, 6.45) is 5.07. The largest absolute Gasteiger partial charge is 0.393 e. The summed E-state index contributed by atoms with van der Waals surface area (Å²) < 4.78 is 27.9. The Morgan fingerprint density at radius 3 is 2.72 bits per heavy atom. The summed E-state index contributed by atoms with van der Waals surface area (Å²) in [5, 5.41) is 10.1. The topological polar surface area (TPSA) is 38.0 Å². The molecule has 1 atom stereocenters.